The topological polar surface area (TPSA) is 72.8 Å². The van der Waals surface area contributed by atoms with Gasteiger partial charge in [-0.2, -0.15) is 0 Å². The predicted octanol–water partition coefficient (Wildman–Crippen LogP) is 2.80. The fourth-order valence-corrected chi connectivity index (χ4v) is 1.61. The van der Waals surface area contributed by atoms with E-state index in [0.29, 0.717) is 0 Å². The molecule has 0 aromatic rings. The smallest absolute Gasteiger partial charge is 0.367 e. The molecule has 0 aromatic carbocycles. The van der Waals surface area contributed by atoms with Crippen LogP contribution in [0.15, 0.2) is 11.6 Å². The molecule has 5 nitrogen and oxygen atoms in total. The van der Waals surface area contributed by atoms with Crippen LogP contribution in [0.2, 0.25) is 0 Å². The van der Waals surface area contributed by atoms with Crippen LogP contribution < -0.4 is 0 Å². The lowest BCUT2D eigenvalue weighted by atomic mass is 10.1. The van der Waals surface area contributed by atoms with Gasteiger partial charge in [0.05, 0.1) is 0 Å². The van der Waals surface area contributed by atoms with Gasteiger partial charge in [0.15, 0.2) is 0 Å². The van der Waals surface area contributed by atoms with Crippen molar-refractivity contribution in [2.45, 2.75) is 39.5 Å². The first kappa shape index (κ1) is 15.4. The van der Waals surface area contributed by atoms with Crippen molar-refractivity contribution in [3.05, 3.63) is 11.6 Å². The molecule has 0 saturated carbocycles. The molecule has 0 aliphatic carbocycles. The summed E-state index contributed by atoms with van der Waals surface area (Å²) in [5, 5.41) is 0. The van der Waals surface area contributed by atoms with E-state index in [1.54, 1.807) is 0 Å². The standard InChI is InChI=1S/C10H19O5P/c1-4-6-9(7-5-2)8-10(11)15-16(12,13)14-3/h8H,4-7H2,1-3H3,(H,12,13). The average molecular weight is 250 g/mol. The molecule has 0 aliphatic rings. The zero-order chi connectivity index (χ0) is 12.6. The molecule has 16 heavy (non-hydrogen) atoms. The SMILES string of the molecule is CCCC(=CC(=O)OP(=O)(O)OC)CCC. The van der Waals surface area contributed by atoms with E-state index >= 15 is 0 Å². The van der Waals surface area contributed by atoms with Gasteiger partial charge in [-0.15, -0.1) is 0 Å². The van der Waals surface area contributed by atoms with Crippen LogP contribution >= 0.6 is 7.82 Å². The maximum Gasteiger partial charge on any atom is 0.529 e. The molecule has 1 N–H and O–H groups in total. The number of hydrogen-bond donors (Lipinski definition) is 1. The highest BCUT2D eigenvalue weighted by Crippen LogP contribution is 2.42. The lowest BCUT2D eigenvalue weighted by Crippen LogP contribution is -2.01. The number of carbonyl (C=O) groups excluding carboxylic acids is 1. The molecule has 1 unspecified atom stereocenters. The minimum Gasteiger partial charge on any atom is -0.367 e. The third-order valence-corrected chi connectivity index (χ3v) is 2.77. The van der Waals surface area contributed by atoms with Crippen LogP contribution in [0.3, 0.4) is 0 Å². The van der Waals surface area contributed by atoms with Gasteiger partial charge in [0, 0.05) is 13.2 Å². The molecule has 6 heteroatoms. The highest BCUT2D eigenvalue weighted by molar-refractivity contribution is 7.48. The van der Waals surface area contributed by atoms with Crippen molar-refractivity contribution in [1.82, 2.24) is 0 Å². The van der Waals surface area contributed by atoms with Crippen molar-refractivity contribution in [3.63, 3.8) is 0 Å². The predicted molar refractivity (Wildman–Crippen MR) is 60.8 cm³/mol. The molecule has 0 radical (unpaired) electrons. The highest BCUT2D eigenvalue weighted by atomic mass is 31.2. The fourth-order valence-electron chi connectivity index (χ4n) is 1.26. The molecular formula is C10H19O5P. The molecule has 0 heterocycles. The summed E-state index contributed by atoms with van der Waals surface area (Å²) in [6.07, 6.45) is 4.67. The number of phosphoric ester groups is 1. The number of rotatable bonds is 7. The Balaban J connectivity index is 4.46. The minimum absolute atomic E-state index is 0.783. The Morgan fingerprint density at radius 1 is 1.31 bits per heavy atom. The van der Waals surface area contributed by atoms with Crippen LogP contribution in [-0.4, -0.2) is 18.0 Å². The van der Waals surface area contributed by atoms with Crippen molar-refractivity contribution in [2.24, 2.45) is 0 Å². The number of allylic oxidation sites excluding steroid dienone is 1. The number of carbonyl (C=O) groups is 1. The molecule has 0 aliphatic heterocycles. The van der Waals surface area contributed by atoms with E-state index in [1.807, 2.05) is 13.8 Å². The zero-order valence-electron chi connectivity index (χ0n) is 9.93. The van der Waals surface area contributed by atoms with Crippen LogP contribution in [0.25, 0.3) is 0 Å². The summed E-state index contributed by atoms with van der Waals surface area (Å²) in [5.41, 5.74) is 0.922. The Kier molecular flexibility index (Phi) is 7.30. The fraction of sp³-hybridized carbons (Fsp3) is 0.700. The van der Waals surface area contributed by atoms with Gasteiger partial charge < -0.3 is 4.52 Å². The second-order valence-electron chi connectivity index (χ2n) is 3.36. The minimum atomic E-state index is -4.22. The molecule has 0 fully saturated rings. The summed E-state index contributed by atoms with van der Waals surface area (Å²) < 4.78 is 19.4. The summed E-state index contributed by atoms with van der Waals surface area (Å²) in [6.45, 7) is 4.00. The quantitative estimate of drug-likeness (QED) is 0.555. The molecule has 0 bridgehead atoms. The summed E-state index contributed by atoms with van der Waals surface area (Å²) in [4.78, 5) is 20.2. The molecule has 0 rings (SSSR count). The Morgan fingerprint density at radius 2 is 1.81 bits per heavy atom. The van der Waals surface area contributed by atoms with E-state index in [2.05, 4.69) is 9.05 Å². The second-order valence-corrected chi connectivity index (χ2v) is 4.85. The molecule has 0 saturated heterocycles. The molecular weight excluding hydrogens is 231 g/mol. The van der Waals surface area contributed by atoms with Crippen LogP contribution in [0.1, 0.15) is 39.5 Å². The summed E-state index contributed by atoms with van der Waals surface area (Å²) in [5.74, 6) is -0.829. The van der Waals surface area contributed by atoms with Crippen LogP contribution in [0.4, 0.5) is 0 Å². The second kappa shape index (κ2) is 7.60. The van der Waals surface area contributed by atoms with Crippen LogP contribution in [0, 0.1) is 0 Å². The Hall–Kier alpha value is -0.640. The van der Waals surface area contributed by atoms with Crippen molar-refractivity contribution in [1.29, 1.82) is 0 Å². The summed E-state index contributed by atoms with van der Waals surface area (Å²) in [7, 11) is -3.21. The number of phosphoric acid groups is 1. The van der Waals surface area contributed by atoms with Gasteiger partial charge in [0.2, 0.25) is 0 Å². The van der Waals surface area contributed by atoms with Gasteiger partial charge in [0.25, 0.3) is 0 Å². The monoisotopic (exact) mass is 250 g/mol. The van der Waals surface area contributed by atoms with E-state index in [4.69, 9.17) is 4.89 Å². The van der Waals surface area contributed by atoms with E-state index in [9.17, 15) is 9.36 Å². The van der Waals surface area contributed by atoms with Crippen molar-refractivity contribution < 1.29 is 23.3 Å². The van der Waals surface area contributed by atoms with Crippen LogP contribution in [0.5, 0.6) is 0 Å². The van der Waals surface area contributed by atoms with Gasteiger partial charge in [-0.3, -0.25) is 9.42 Å². The van der Waals surface area contributed by atoms with Gasteiger partial charge in [0.1, 0.15) is 0 Å². The summed E-state index contributed by atoms with van der Waals surface area (Å²) in [6, 6.07) is 0. The van der Waals surface area contributed by atoms with Gasteiger partial charge in [-0.1, -0.05) is 32.3 Å². The molecule has 94 valence electrons. The van der Waals surface area contributed by atoms with Gasteiger partial charge >= 0.3 is 13.8 Å². The van der Waals surface area contributed by atoms with E-state index in [0.717, 1.165) is 38.4 Å². The van der Waals surface area contributed by atoms with E-state index in [-0.39, 0.29) is 0 Å². The van der Waals surface area contributed by atoms with Crippen LogP contribution in [-0.2, 0) is 18.4 Å². The van der Waals surface area contributed by atoms with E-state index in [1.165, 1.54) is 6.08 Å². The maximum atomic E-state index is 11.3. The maximum absolute atomic E-state index is 11.3. The lowest BCUT2D eigenvalue weighted by Gasteiger charge is -2.08. The molecule has 0 amide bonds. The largest absolute Gasteiger partial charge is 0.529 e. The first-order valence-corrected chi connectivity index (χ1v) is 6.76. The van der Waals surface area contributed by atoms with Crippen molar-refractivity contribution >= 4 is 13.8 Å². The normalized spacial score (nSPS) is 14.0. The molecule has 0 aromatic heterocycles. The van der Waals surface area contributed by atoms with Crippen molar-refractivity contribution in [2.75, 3.05) is 7.11 Å². The molecule has 1 atom stereocenters. The third-order valence-electron chi connectivity index (χ3n) is 1.90. The number of hydrogen-bond acceptors (Lipinski definition) is 4. The first-order chi connectivity index (χ1) is 7.45. The highest BCUT2D eigenvalue weighted by Gasteiger charge is 2.22. The van der Waals surface area contributed by atoms with Crippen molar-refractivity contribution in [3.8, 4) is 0 Å². The van der Waals surface area contributed by atoms with Gasteiger partial charge in [-0.05, 0) is 12.8 Å². The van der Waals surface area contributed by atoms with Gasteiger partial charge in [-0.25, -0.2) is 9.36 Å². The average Bonchev–Trinajstić information content (AvgIpc) is 2.17. The Morgan fingerprint density at radius 3 is 2.19 bits per heavy atom. The Bertz CT molecular complexity index is 290. The Labute approximate surface area is 96.1 Å². The molecule has 0 spiro atoms. The first-order valence-electron chi connectivity index (χ1n) is 5.26. The third kappa shape index (κ3) is 6.77. The van der Waals surface area contributed by atoms with E-state index < -0.39 is 13.8 Å². The summed E-state index contributed by atoms with van der Waals surface area (Å²) >= 11 is 0. The lowest BCUT2D eigenvalue weighted by molar-refractivity contribution is -0.130. The zero-order valence-corrected chi connectivity index (χ0v) is 10.8.